The molecule has 0 aliphatic carbocycles. The van der Waals surface area contributed by atoms with E-state index in [1.807, 2.05) is 4.90 Å². The lowest BCUT2D eigenvalue weighted by atomic mass is 10.0. The predicted octanol–water partition coefficient (Wildman–Crippen LogP) is 2.56. The number of hydrogen-bond acceptors (Lipinski definition) is 7. The number of pyridine rings is 1. The molecule has 0 atom stereocenters. The van der Waals surface area contributed by atoms with Crippen LogP contribution >= 0.6 is 0 Å². The molecule has 1 aromatic carbocycles. The molecule has 8 heteroatoms. The summed E-state index contributed by atoms with van der Waals surface area (Å²) in [6, 6.07) is 10.4. The van der Waals surface area contributed by atoms with Crippen LogP contribution in [-0.4, -0.2) is 57.7 Å². The van der Waals surface area contributed by atoms with Gasteiger partial charge in [-0.05, 0) is 24.3 Å². The average molecular weight is 403 g/mol. The number of amides is 1. The van der Waals surface area contributed by atoms with E-state index < -0.39 is 0 Å². The second-order valence-corrected chi connectivity index (χ2v) is 6.84. The van der Waals surface area contributed by atoms with Crippen molar-refractivity contribution >= 4 is 17.5 Å². The first-order valence-electron chi connectivity index (χ1n) is 9.66. The van der Waals surface area contributed by atoms with Crippen molar-refractivity contribution in [2.45, 2.75) is 6.92 Å². The molecule has 0 spiro atoms. The number of aromatic nitrogens is 3. The van der Waals surface area contributed by atoms with Crippen molar-refractivity contribution in [3.63, 3.8) is 0 Å². The van der Waals surface area contributed by atoms with Crippen molar-refractivity contribution in [1.29, 1.82) is 0 Å². The van der Waals surface area contributed by atoms with Crippen molar-refractivity contribution in [3.8, 4) is 11.6 Å². The Labute approximate surface area is 174 Å². The SMILES string of the molecule is CC(=O)N1CCN(c2nccnc2Oc2ccccc2C(=O)c2ccncc2)CC1. The van der Waals surface area contributed by atoms with Gasteiger partial charge in [-0.1, -0.05) is 12.1 Å². The number of para-hydroxylation sites is 1. The van der Waals surface area contributed by atoms with E-state index in [1.54, 1.807) is 73.0 Å². The number of carbonyl (C=O) groups excluding carboxylic acids is 2. The van der Waals surface area contributed by atoms with Gasteiger partial charge in [0.2, 0.25) is 5.91 Å². The van der Waals surface area contributed by atoms with Gasteiger partial charge in [-0.3, -0.25) is 14.6 Å². The van der Waals surface area contributed by atoms with Gasteiger partial charge < -0.3 is 14.5 Å². The van der Waals surface area contributed by atoms with Crippen molar-refractivity contribution in [1.82, 2.24) is 19.9 Å². The van der Waals surface area contributed by atoms with Gasteiger partial charge in [0.25, 0.3) is 5.88 Å². The Kier molecular flexibility index (Phi) is 5.65. The minimum absolute atomic E-state index is 0.0637. The topological polar surface area (TPSA) is 88.5 Å². The second kappa shape index (κ2) is 8.69. The number of carbonyl (C=O) groups is 2. The Morgan fingerprint density at radius 2 is 1.60 bits per heavy atom. The summed E-state index contributed by atoms with van der Waals surface area (Å²) in [5, 5.41) is 0. The first-order chi connectivity index (χ1) is 14.6. The van der Waals surface area contributed by atoms with E-state index in [1.165, 1.54) is 0 Å². The van der Waals surface area contributed by atoms with Crippen LogP contribution in [0.4, 0.5) is 5.82 Å². The first-order valence-corrected chi connectivity index (χ1v) is 9.66. The van der Waals surface area contributed by atoms with E-state index in [9.17, 15) is 9.59 Å². The Hall–Kier alpha value is -3.81. The molecular formula is C22H21N5O3. The average Bonchev–Trinajstić information content (AvgIpc) is 2.80. The summed E-state index contributed by atoms with van der Waals surface area (Å²) < 4.78 is 6.08. The van der Waals surface area contributed by atoms with Crippen molar-refractivity contribution in [2.75, 3.05) is 31.1 Å². The van der Waals surface area contributed by atoms with Gasteiger partial charge in [0, 0.05) is 63.5 Å². The van der Waals surface area contributed by atoms with Crippen molar-refractivity contribution in [3.05, 3.63) is 72.3 Å². The smallest absolute Gasteiger partial charge is 0.263 e. The van der Waals surface area contributed by atoms with Crippen LogP contribution < -0.4 is 9.64 Å². The summed E-state index contributed by atoms with van der Waals surface area (Å²) in [6.45, 7) is 4.06. The zero-order chi connectivity index (χ0) is 20.9. The molecule has 0 radical (unpaired) electrons. The molecule has 1 fully saturated rings. The van der Waals surface area contributed by atoms with E-state index in [0.717, 1.165) is 0 Å². The lowest BCUT2D eigenvalue weighted by molar-refractivity contribution is -0.129. The minimum Gasteiger partial charge on any atom is -0.435 e. The molecule has 0 saturated carbocycles. The third-order valence-electron chi connectivity index (χ3n) is 4.95. The summed E-state index contributed by atoms with van der Waals surface area (Å²) in [4.78, 5) is 41.1. The van der Waals surface area contributed by atoms with Gasteiger partial charge in [0.1, 0.15) is 5.75 Å². The van der Waals surface area contributed by atoms with Crippen LogP contribution in [0.25, 0.3) is 0 Å². The van der Waals surface area contributed by atoms with E-state index in [-0.39, 0.29) is 11.7 Å². The number of ether oxygens (including phenoxy) is 1. The predicted molar refractivity (Wildman–Crippen MR) is 111 cm³/mol. The van der Waals surface area contributed by atoms with Gasteiger partial charge in [-0.2, -0.15) is 0 Å². The highest BCUT2D eigenvalue weighted by molar-refractivity contribution is 6.10. The van der Waals surface area contributed by atoms with E-state index >= 15 is 0 Å². The van der Waals surface area contributed by atoms with Crippen LogP contribution in [0, 0.1) is 0 Å². The monoisotopic (exact) mass is 403 g/mol. The standard InChI is InChI=1S/C22H21N5O3/c1-16(28)26-12-14-27(15-13-26)21-22(25-11-10-24-21)30-19-5-3-2-4-18(19)20(29)17-6-8-23-9-7-17/h2-11H,12-15H2,1H3. The Morgan fingerprint density at radius 1 is 0.900 bits per heavy atom. The quantitative estimate of drug-likeness (QED) is 0.605. The molecule has 1 amide bonds. The molecule has 1 aliphatic rings. The summed E-state index contributed by atoms with van der Waals surface area (Å²) in [5.74, 6) is 1.22. The second-order valence-electron chi connectivity index (χ2n) is 6.84. The number of anilines is 1. The third kappa shape index (κ3) is 4.12. The maximum Gasteiger partial charge on any atom is 0.263 e. The molecule has 3 aromatic rings. The normalized spacial score (nSPS) is 13.8. The van der Waals surface area contributed by atoms with E-state index in [0.29, 0.717) is 54.8 Å². The van der Waals surface area contributed by atoms with Crippen LogP contribution in [0.5, 0.6) is 11.6 Å². The van der Waals surface area contributed by atoms with Crippen LogP contribution in [0.3, 0.4) is 0 Å². The van der Waals surface area contributed by atoms with E-state index in [2.05, 4.69) is 15.0 Å². The molecule has 4 rings (SSSR count). The Balaban J connectivity index is 1.59. The van der Waals surface area contributed by atoms with Crippen LogP contribution in [-0.2, 0) is 4.79 Å². The molecule has 0 bridgehead atoms. The molecule has 30 heavy (non-hydrogen) atoms. The largest absolute Gasteiger partial charge is 0.435 e. The van der Waals surface area contributed by atoms with E-state index in [4.69, 9.17) is 4.74 Å². The number of benzene rings is 1. The maximum atomic E-state index is 13.0. The van der Waals surface area contributed by atoms with Gasteiger partial charge in [0.15, 0.2) is 11.6 Å². The molecule has 8 nitrogen and oxygen atoms in total. The Bertz CT molecular complexity index is 1050. The van der Waals surface area contributed by atoms with Gasteiger partial charge in [-0.25, -0.2) is 9.97 Å². The van der Waals surface area contributed by atoms with Gasteiger partial charge in [0.05, 0.1) is 5.56 Å². The molecule has 3 heterocycles. The lowest BCUT2D eigenvalue weighted by Gasteiger charge is -2.35. The highest BCUT2D eigenvalue weighted by Crippen LogP contribution is 2.31. The summed E-state index contributed by atoms with van der Waals surface area (Å²) in [5.41, 5.74) is 0.961. The van der Waals surface area contributed by atoms with Crippen LogP contribution in [0.1, 0.15) is 22.8 Å². The lowest BCUT2D eigenvalue weighted by Crippen LogP contribution is -2.48. The fourth-order valence-electron chi connectivity index (χ4n) is 3.35. The third-order valence-corrected chi connectivity index (χ3v) is 4.95. The zero-order valence-corrected chi connectivity index (χ0v) is 16.6. The minimum atomic E-state index is -0.159. The summed E-state index contributed by atoms with van der Waals surface area (Å²) >= 11 is 0. The highest BCUT2D eigenvalue weighted by Gasteiger charge is 2.24. The molecule has 2 aromatic heterocycles. The molecular weight excluding hydrogens is 382 g/mol. The van der Waals surface area contributed by atoms with Crippen molar-refractivity contribution < 1.29 is 14.3 Å². The van der Waals surface area contributed by atoms with Crippen molar-refractivity contribution in [2.24, 2.45) is 0 Å². The Morgan fingerprint density at radius 3 is 2.33 bits per heavy atom. The van der Waals surface area contributed by atoms with Crippen LogP contribution in [0.2, 0.25) is 0 Å². The summed E-state index contributed by atoms with van der Waals surface area (Å²) in [7, 11) is 0. The first kappa shape index (κ1) is 19.5. The molecule has 1 aliphatic heterocycles. The number of ketones is 1. The zero-order valence-electron chi connectivity index (χ0n) is 16.6. The molecule has 1 saturated heterocycles. The van der Waals surface area contributed by atoms with Gasteiger partial charge >= 0.3 is 0 Å². The highest BCUT2D eigenvalue weighted by atomic mass is 16.5. The number of nitrogens with zero attached hydrogens (tertiary/aromatic N) is 5. The number of piperazine rings is 1. The number of rotatable bonds is 5. The van der Waals surface area contributed by atoms with Crippen LogP contribution in [0.15, 0.2) is 61.2 Å². The molecule has 152 valence electrons. The fraction of sp³-hybridized carbons (Fsp3) is 0.227. The van der Waals surface area contributed by atoms with Gasteiger partial charge in [-0.15, -0.1) is 0 Å². The maximum absolute atomic E-state index is 13.0. The molecule has 0 N–H and O–H groups in total. The molecule has 0 unspecified atom stereocenters. The summed E-state index contributed by atoms with van der Waals surface area (Å²) in [6.07, 6.45) is 6.32. The number of hydrogen-bond donors (Lipinski definition) is 0. The fourth-order valence-corrected chi connectivity index (χ4v) is 3.35.